The molecule has 0 bridgehead atoms. The van der Waals surface area contributed by atoms with Gasteiger partial charge in [-0.3, -0.25) is 0 Å². The van der Waals surface area contributed by atoms with Gasteiger partial charge in [-0.15, -0.1) is 5.41 Å². The summed E-state index contributed by atoms with van der Waals surface area (Å²) in [6.07, 6.45) is 0. The van der Waals surface area contributed by atoms with Crippen molar-refractivity contribution in [3.8, 4) is 11.1 Å². The molecule has 1 radical (unpaired) electrons. The summed E-state index contributed by atoms with van der Waals surface area (Å²) in [5, 5.41) is 9.95. The molecule has 14 heavy (non-hydrogen) atoms. The fourth-order valence-electron chi connectivity index (χ4n) is 1.99. The summed E-state index contributed by atoms with van der Waals surface area (Å²) < 4.78 is 0. The maximum atomic E-state index is 9.95. The summed E-state index contributed by atoms with van der Waals surface area (Å²) >= 11 is 0. The SMILES string of the molecule is [N]=C1c2ccccc2-c2ccccc21. The van der Waals surface area contributed by atoms with Gasteiger partial charge in [-0.05, 0) is 11.1 Å². The molecule has 0 fully saturated rings. The van der Waals surface area contributed by atoms with Crippen LogP contribution in [0, 0.1) is 0 Å². The highest BCUT2D eigenvalue weighted by atomic mass is 14.5. The van der Waals surface area contributed by atoms with Crippen LogP contribution in [0.3, 0.4) is 0 Å². The molecule has 0 saturated heterocycles. The molecule has 0 spiro atoms. The smallest absolute Gasteiger partial charge is 0.101 e. The molecule has 2 aromatic carbocycles. The number of hydrogen-bond donors (Lipinski definition) is 0. The van der Waals surface area contributed by atoms with Gasteiger partial charge in [0.15, 0.2) is 0 Å². The van der Waals surface area contributed by atoms with Gasteiger partial charge >= 0.3 is 0 Å². The van der Waals surface area contributed by atoms with Crippen LogP contribution in [0.2, 0.25) is 0 Å². The van der Waals surface area contributed by atoms with Crippen LogP contribution in [0.25, 0.3) is 11.1 Å². The molecule has 2 aromatic rings. The maximum Gasteiger partial charge on any atom is 0.101 e. The molecule has 0 atom stereocenters. The summed E-state index contributed by atoms with van der Waals surface area (Å²) in [6, 6.07) is 15.9. The molecule has 1 nitrogen and oxygen atoms in total. The molecule has 1 aliphatic rings. The minimum atomic E-state index is 0.399. The van der Waals surface area contributed by atoms with E-state index in [0.717, 1.165) is 22.3 Å². The van der Waals surface area contributed by atoms with Crippen molar-refractivity contribution in [1.82, 2.24) is 5.41 Å². The third-order valence-corrected chi connectivity index (χ3v) is 2.65. The first-order valence-electron chi connectivity index (χ1n) is 4.63. The zero-order valence-electron chi connectivity index (χ0n) is 7.57. The summed E-state index contributed by atoms with van der Waals surface area (Å²) in [6.45, 7) is 0. The molecule has 65 valence electrons. The second-order valence-corrected chi connectivity index (χ2v) is 3.44. The van der Waals surface area contributed by atoms with E-state index in [-0.39, 0.29) is 0 Å². The predicted molar refractivity (Wildman–Crippen MR) is 57.2 cm³/mol. The van der Waals surface area contributed by atoms with E-state index in [2.05, 4.69) is 0 Å². The molecular formula is C13H8N. The first-order valence-corrected chi connectivity index (χ1v) is 4.63. The highest BCUT2D eigenvalue weighted by molar-refractivity contribution is 6.23. The fraction of sp³-hybridized carbons (Fsp3) is 0. The molecule has 0 heterocycles. The van der Waals surface area contributed by atoms with E-state index in [9.17, 15) is 5.41 Å². The van der Waals surface area contributed by atoms with Gasteiger partial charge in [-0.25, -0.2) is 0 Å². The Morgan fingerprint density at radius 1 is 0.571 bits per heavy atom. The van der Waals surface area contributed by atoms with Crippen molar-refractivity contribution in [2.75, 3.05) is 0 Å². The first kappa shape index (κ1) is 7.51. The number of rotatable bonds is 0. The summed E-state index contributed by atoms with van der Waals surface area (Å²) in [4.78, 5) is 0. The van der Waals surface area contributed by atoms with Crippen molar-refractivity contribution in [1.29, 1.82) is 0 Å². The van der Waals surface area contributed by atoms with Gasteiger partial charge in [0.1, 0.15) is 5.71 Å². The van der Waals surface area contributed by atoms with Crippen molar-refractivity contribution in [3.05, 3.63) is 59.7 Å². The first-order chi connectivity index (χ1) is 6.88. The molecule has 1 aliphatic carbocycles. The quantitative estimate of drug-likeness (QED) is 0.504. The Morgan fingerprint density at radius 3 is 1.36 bits per heavy atom. The molecule has 0 N–H and O–H groups in total. The Bertz CT molecular complexity index is 479. The van der Waals surface area contributed by atoms with Crippen molar-refractivity contribution in [2.45, 2.75) is 0 Å². The average molecular weight is 178 g/mol. The van der Waals surface area contributed by atoms with E-state index < -0.39 is 0 Å². The third-order valence-electron chi connectivity index (χ3n) is 2.65. The van der Waals surface area contributed by atoms with E-state index in [4.69, 9.17) is 0 Å². The molecular weight excluding hydrogens is 170 g/mol. The molecule has 0 unspecified atom stereocenters. The van der Waals surface area contributed by atoms with Crippen LogP contribution in [0.15, 0.2) is 48.5 Å². The van der Waals surface area contributed by atoms with Crippen molar-refractivity contribution in [3.63, 3.8) is 0 Å². The lowest BCUT2D eigenvalue weighted by molar-refractivity contribution is 1.65. The largest absolute Gasteiger partial charge is 0.149 e. The second-order valence-electron chi connectivity index (χ2n) is 3.44. The van der Waals surface area contributed by atoms with Crippen LogP contribution >= 0.6 is 0 Å². The second kappa shape index (κ2) is 2.55. The summed E-state index contributed by atoms with van der Waals surface area (Å²) in [5.41, 5.74) is 4.53. The zero-order valence-corrected chi connectivity index (χ0v) is 7.57. The van der Waals surface area contributed by atoms with Gasteiger partial charge in [-0.1, -0.05) is 48.5 Å². The molecule has 1 heteroatoms. The Kier molecular flexibility index (Phi) is 1.37. The summed E-state index contributed by atoms with van der Waals surface area (Å²) in [5.74, 6) is 0. The van der Waals surface area contributed by atoms with Crippen LogP contribution in [-0.4, -0.2) is 5.71 Å². The molecule has 0 saturated carbocycles. The van der Waals surface area contributed by atoms with Gasteiger partial charge in [0.05, 0.1) is 0 Å². The predicted octanol–water partition coefficient (Wildman–Crippen LogP) is 2.30. The Labute approximate surface area is 82.5 Å². The van der Waals surface area contributed by atoms with Crippen LogP contribution < -0.4 is 5.41 Å². The van der Waals surface area contributed by atoms with Gasteiger partial charge in [0, 0.05) is 11.1 Å². The lowest BCUT2D eigenvalue weighted by atomic mass is 10.1. The lowest BCUT2D eigenvalue weighted by Crippen LogP contribution is -1.97. The van der Waals surface area contributed by atoms with E-state index in [1.807, 2.05) is 48.5 Å². The van der Waals surface area contributed by atoms with E-state index in [0.29, 0.717) is 5.71 Å². The molecule has 0 aromatic heterocycles. The number of benzene rings is 2. The van der Waals surface area contributed by atoms with Crippen LogP contribution in [0.5, 0.6) is 0 Å². The van der Waals surface area contributed by atoms with E-state index >= 15 is 0 Å². The monoisotopic (exact) mass is 178 g/mol. The van der Waals surface area contributed by atoms with Gasteiger partial charge in [0.2, 0.25) is 0 Å². The highest BCUT2D eigenvalue weighted by Gasteiger charge is 2.22. The van der Waals surface area contributed by atoms with Crippen LogP contribution in [0.1, 0.15) is 11.1 Å². The van der Waals surface area contributed by atoms with Crippen molar-refractivity contribution >= 4 is 5.71 Å². The summed E-state index contributed by atoms with van der Waals surface area (Å²) in [7, 11) is 0. The van der Waals surface area contributed by atoms with Crippen molar-refractivity contribution in [2.24, 2.45) is 0 Å². The standard InChI is InChI=1S/C13H8N/c14-13-11-7-3-1-5-9(11)10-6-2-4-8-12(10)13/h1-8H. The zero-order chi connectivity index (χ0) is 9.54. The van der Waals surface area contributed by atoms with Crippen LogP contribution in [-0.2, 0) is 0 Å². The average Bonchev–Trinajstić information content (AvgIpc) is 2.55. The number of hydrogen-bond acceptors (Lipinski definition) is 0. The topological polar surface area (TPSA) is 22.3 Å². The number of fused-ring (bicyclic) bond motifs is 3. The molecule has 0 amide bonds. The lowest BCUT2D eigenvalue weighted by Gasteiger charge is -1.96. The van der Waals surface area contributed by atoms with Crippen molar-refractivity contribution < 1.29 is 0 Å². The van der Waals surface area contributed by atoms with E-state index in [1.54, 1.807) is 0 Å². The normalized spacial score (nSPS) is 12.4. The third kappa shape index (κ3) is 0.814. The Morgan fingerprint density at radius 2 is 0.929 bits per heavy atom. The minimum absolute atomic E-state index is 0.399. The highest BCUT2D eigenvalue weighted by Crippen LogP contribution is 2.35. The minimum Gasteiger partial charge on any atom is -0.149 e. The van der Waals surface area contributed by atoms with E-state index in [1.165, 1.54) is 0 Å². The molecule has 0 aliphatic heterocycles. The van der Waals surface area contributed by atoms with Gasteiger partial charge in [-0.2, -0.15) is 0 Å². The van der Waals surface area contributed by atoms with Crippen LogP contribution in [0.4, 0.5) is 0 Å². The van der Waals surface area contributed by atoms with Gasteiger partial charge in [0.25, 0.3) is 0 Å². The maximum absolute atomic E-state index is 9.95. The fourth-order valence-corrected chi connectivity index (χ4v) is 1.99. The van der Waals surface area contributed by atoms with Gasteiger partial charge < -0.3 is 0 Å². The Hall–Kier alpha value is -1.89. The number of nitrogens with zero attached hydrogens (tertiary/aromatic N) is 1. The Balaban J connectivity index is 2.42. The molecule has 3 rings (SSSR count).